The van der Waals surface area contributed by atoms with Gasteiger partial charge in [-0.3, -0.25) is 0 Å². The minimum Gasteiger partial charge on any atom is -0.481 e. The highest BCUT2D eigenvalue weighted by atomic mass is 32.1. The van der Waals surface area contributed by atoms with Crippen molar-refractivity contribution in [3.63, 3.8) is 0 Å². The SMILES string of the molecule is COc1cc(Cn2c(-c3ccccc3)c[nH]c2=S)ccn1. The van der Waals surface area contributed by atoms with E-state index in [1.54, 1.807) is 13.3 Å². The van der Waals surface area contributed by atoms with Crippen molar-refractivity contribution in [2.24, 2.45) is 0 Å². The van der Waals surface area contributed by atoms with Crippen molar-refractivity contribution < 1.29 is 4.74 Å². The fraction of sp³-hybridized carbons (Fsp3) is 0.125. The molecule has 21 heavy (non-hydrogen) atoms. The lowest BCUT2D eigenvalue weighted by molar-refractivity contribution is 0.397. The molecular formula is C16H15N3OS. The van der Waals surface area contributed by atoms with Gasteiger partial charge in [-0.1, -0.05) is 30.3 Å². The van der Waals surface area contributed by atoms with Crippen LogP contribution >= 0.6 is 12.2 Å². The normalized spacial score (nSPS) is 10.5. The molecule has 0 saturated heterocycles. The first-order valence-electron chi connectivity index (χ1n) is 6.60. The molecule has 0 fully saturated rings. The molecular weight excluding hydrogens is 282 g/mol. The first kappa shape index (κ1) is 13.6. The van der Waals surface area contributed by atoms with E-state index < -0.39 is 0 Å². The summed E-state index contributed by atoms with van der Waals surface area (Å²) in [5, 5.41) is 0. The van der Waals surface area contributed by atoms with Crippen molar-refractivity contribution in [1.29, 1.82) is 0 Å². The summed E-state index contributed by atoms with van der Waals surface area (Å²) < 4.78 is 7.93. The van der Waals surface area contributed by atoms with Gasteiger partial charge in [0.25, 0.3) is 0 Å². The molecule has 0 radical (unpaired) electrons. The van der Waals surface area contributed by atoms with E-state index >= 15 is 0 Å². The molecule has 4 nitrogen and oxygen atoms in total. The molecule has 2 heterocycles. The van der Waals surface area contributed by atoms with Crippen LogP contribution in [0.2, 0.25) is 0 Å². The van der Waals surface area contributed by atoms with Crippen LogP contribution in [0.5, 0.6) is 5.88 Å². The fourth-order valence-electron chi connectivity index (χ4n) is 2.24. The number of imidazole rings is 1. The lowest BCUT2D eigenvalue weighted by Crippen LogP contribution is -2.02. The molecule has 1 aromatic carbocycles. The number of nitrogens with zero attached hydrogens (tertiary/aromatic N) is 2. The van der Waals surface area contributed by atoms with Gasteiger partial charge in [0, 0.05) is 18.5 Å². The second-order valence-corrected chi connectivity index (χ2v) is 5.02. The molecule has 0 aliphatic carbocycles. The van der Waals surface area contributed by atoms with Crippen molar-refractivity contribution in [1.82, 2.24) is 14.5 Å². The maximum Gasteiger partial charge on any atom is 0.213 e. The maximum atomic E-state index is 5.39. The molecule has 0 spiro atoms. The zero-order valence-electron chi connectivity index (χ0n) is 11.6. The minimum absolute atomic E-state index is 0.607. The number of methoxy groups -OCH3 is 1. The summed E-state index contributed by atoms with van der Waals surface area (Å²) in [4.78, 5) is 7.24. The highest BCUT2D eigenvalue weighted by Gasteiger charge is 2.07. The quantitative estimate of drug-likeness (QED) is 0.747. The average molecular weight is 297 g/mol. The number of aromatic nitrogens is 3. The van der Waals surface area contributed by atoms with Gasteiger partial charge in [0.1, 0.15) is 0 Å². The van der Waals surface area contributed by atoms with Gasteiger partial charge in [-0.25, -0.2) is 4.98 Å². The summed E-state index contributed by atoms with van der Waals surface area (Å²) in [6.45, 7) is 0.672. The van der Waals surface area contributed by atoms with Gasteiger partial charge >= 0.3 is 0 Å². The van der Waals surface area contributed by atoms with E-state index in [1.165, 1.54) is 0 Å². The van der Waals surface area contributed by atoms with Crippen molar-refractivity contribution in [2.75, 3.05) is 7.11 Å². The summed E-state index contributed by atoms with van der Waals surface area (Å²) in [5.41, 5.74) is 3.29. The number of H-pyrrole nitrogens is 1. The zero-order chi connectivity index (χ0) is 14.7. The predicted octanol–water partition coefficient (Wildman–Crippen LogP) is 3.66. The zero-order valence-corrected chi connectivity index (χ0v) is 12.4. The molecule has 0 atom stereocenters. The van der Waals surface area contributed by atoms with Crippen molar-refractivity contribution in [3.8, 4) is 17.1 Å². The monoisotopic (exact) mass is 297 g/mol. The Morgan fingerprint density at radius 1 is 1.24 bits per heavy atom. The average Bonchev–Trinajstić information content (AvgIpc) is 2.89. The van der Waals surface area contributed by atoms with Crippen molar-refractivity contribution in [2.45, 2.75) is 6.54 Å². The van der Waals surface area contributed by atoms with Crippen LogP contribution in [0.1, 0.15) is 5.56 Å². The van der Waals surface area contributed by atoms with E-state index in [9.17, 15) is 0 Å². The highest BCUT2D eigenvalue weighted by Crippen LogP contribution is 2.21. The molecule has 0 aliphatic heterocycles. The molecule has 3 aromatic rings. The molecule has 2 aromatic heterocycles. The molecule has 1 N–H and O–H groups in total. The van der Waals surface area contributed by atoms with Gasteiger partial charge in [-0.15, -0.1) is 0 Å². The van der Waals surface area contributed by atoms with Gasteiger partial charge in [0.05, 0.1) is 19.3 Å². The van der Waals surface area contributed by atoms with E-state index in [0.717, 1.165) is 16.8 Å². The van der Waals surface area contributed by atoms with E-state index in [4.69, 9.17) is 17.0 Å². The fourth-order valence-corrected chi connectivity index (χ4v) is 2.47. The Kier molecular flexibility index (Phi) is 3.83. The Labute approximate surface area is 128 Å². The van der Waals surface area contributed by atoms with Crippen molar-refractivity contribution in [3.05, 3.63) is 65.2 Å². The van der Waals surface area contributed by atoms with Crippen molar-refractivity contribution >= 4 is 12.2 Å². The van der Waals surface area contributed by atoms with Gasteiger partial charge < -0.3 is 14.3 Å². The van der Waals surface area contributed by atoms with Crippen LogP contribution in [-0.2, 0) is 6.54 Å². The number of benzene rings is 1. The molecule has 0 bridgehead atoms. The second-order valence-electron chi connectivity index (χ2n) is 4.64. The molecule has 106 valence electrons. The van der Waals surface area contributed by atoms with Gasteiger partial charge in [-0.05, 0) is 29.4 Å². The third kappa shape index (κ3) is 2.87. The predicted molar refractivity (Wildman–Crippen MR) is 84.9 cm³/mol. The molecule has 0 aliphatic rings. The van der Waals surface area contributed by atoms with Gasteiger partial charge in [0.2, 0.25) is 5.88 Å². The summed E-state index contributed by atoms with van der Waals surface area (Å²) in [6.07, 6.45) is 3.68. The molecule has 3 rings (SSSR count). The Balaban J connectivity index is 1.99. The van der Waals surface area contributed by atoms with Crippen LogP contribution in [0.3, 0.4) is 0 Å². The van der Waals surface area contributed by atoms with Crippen LogP contribution in [0.25, 0.3) is 11.3 Å². The minimum atomic E-state index is 0.607. The number of rotatable bonds is 4. The van der Waals surface area contributed by atoms with E-state index in [2.05, 4.69) is 26.7 Å². The summed E-state index contributed by atoms with van der Waals surface area (Å²) >= 11 is 5.39. The highest BCUT2D eigenvalue weighted by molar-refractivity contribution is 7.71. The number of aromatic amines is 1. The lowest BCUT2D eigenvalue weighted by Gasteiger charge is -2.09. The summed E-state index contributed by atoms with van der Waals surface area (Å²) in [7, 11) is 1.61. The van der Waals surface area contributed by atoms with Crippen LogP contribution in [0.15, 0.2) is 54.9 Å². The molecule has 5 heteroatoms. The van der Waals surface area contributed by atoms with E-state index in [1.807, 2.05) is 36.5 Å². The Morgan fingerprint density at radius 3 is 2.81 bits per heavy atom. The third-order valence-electron chi connectivity index (χ3n) is 3.29. The smallest absolute Gasteiger partial charge is 0.213 e. The summed E-state index contributed by atoms with van der Waals surface area (Å²) in [6, 6.07) is 14.1. The topological polar surface area (TPSA) is 42.8 Å². The van der Waals surface area contributed by atoms with Gasteiger partial charge in [-0.2, -0.15) is 0 Å². The van der Waals surface area contributed by atoms with Crippen LogP contribution in [0.4, 0.5) is 0 Å². The van der Waals surface area contributed by atoms with Crippen LogP contribution < -0.4 is 4.74 Å². The van der Waals surface area contributed by atoms with Gasteiger partial charge in [0.15, 0.2) is 4.77 Å². The third-order valence-corrected chi connectivity index (χ3v) is 3.63. The van der Waals surface area contributed by atoms with E-state index in [0.29, 0.717) is 17.2 Å². The Morgan fingerprint density at radius 2 is 2.05 bits per heavy atom. The van der Waals surface area contributed by atoms with Crippen LogP contribution in [-0.4, -0.2) is 21.6 Å². The first-order valence-corrected chi connectivity index (χ1v) is 7.01. The molecule has 0 unspecified atom stereocenters. The standard InChI is InChI=1S/C16H15N3OS/c1-20-15-9-12(7-8-17-15)11-19-14(10-18-16(19)21)13-5-3-2-4-6-13/h2-10H,11H2,1H3,(H,18,21). The Bertz CT molecular complexity index is 793. The number of hydrogen-bond acceptors (Lipinski definition) is 3. The Hall–Kier alpha value is -2.40. The number of ether oxygens (including phenoxy) is 1. The molecule has 0 saturated carbocycles. The lowest BCUT2D eigenvalue weighted by atomic mass is 10.1. The summed E-state index contributed by atoms with van der Waals surface area (Å²) in [5.74, 6) is 0.607. The largest absolute Gasteiger partial charge is 0.481 e. The molecule has 0 amide bonds. The second kappa shape index (κ2) is 5.93. The first-order chi connectivity index (χ1) is 10.3. The van der Waals surface area contributed by atoms with Crippen LogP contribution in [0, 0.1) is 4.77 Å². The number of nitrogens with one attached hydrogen (secondary N) is 1. The maximum absolute atomic E-state index is 5.39. The number of pyridine rings is 1. The number of hydrogen-bond donors (Lipinski definition) is 1. The van der Waals surface area contributed by atoms with E-state index in [-0.39, 0.29) is 0 Å².